The summed E-state index contributed by atoms with van der Waals surface area (Å²) in [6, 6.07) is 84.5. The number of nitrogens with zero attached hydrogens (tertiary/aromatic N) is 1. The summed E-state index contributed by atoms with van der Waals surface area (Å²) in [6.07, 6.45) is 0. The minimum absolute atomic E-state index is 0.128. The summed E-state index contributed by atoms with van der Waals surface area (Å²) in [7, 11) is 0. The Bertz CT molecular complexity index is 4440. The molecule has 0 amide bonds. The topological polar surface area (TPSA) is 3.24 Å². The molecule has 0 bridgehead atoms. The molecule has 15 rings (SSSR count). The van der Waals surface area contributed by atoms with Gasteiger partial charge in [0.25, 0.3) is 0 Å². The molecule has 0 saturated carbocycles. The molecule has 0 fully saturated rings. The number of anilines is 3. The molecule has 0 spiro atoms. The van der Waals surface area contributed by atoms with E-state index in [1.54, 1.807) is 0 Å². The maximum absolute atomic E-state index is 2.49. The molecule has 1 nitrogen and oxygen atoms in total. The van der Waals surface area contributed by atoms with Gasteiger partial charge in [-0.3, -0.25) is 0 Å². The molecule has 0 atom stereocenters. The van der Waals surface area contributed by atoms with Crippen molar-refractivity contribution in [3.05, 3.63) is 236 Å². The van der Waals surface area contributed by atoms with Crippen molar-refractivity contribution in [3.8, 4) is 33.4 Å². The third-order valence-electron chi connectivity index (χ3n) is 15.6. The van der Waals surface area contributed by atoms with E-state index in [4.69, 9.17) is 0 Å². The fourth-order valence-corrected chi connectivity index (χ4v) is 13.5. The zero-order valence-electron chi connectivity index (χ0n) is 38.2. The molecule has 1 aliphatic carbocycles. The first kappa shape index (κ1) is 38.8. The fourth-order valence-electron chi connectivity index (χ4n) is 12.4. The quantitative estimate of drug-likeness (QED) is 0.156. The largest absolute Gasteiger partial charge is 0.310 e. The first-order valence-electron chi connectivity index (χ1n) is 24.1. The van der Waals surface area contributed by atoms with Crippen molar-refractivity contribution in [1.29, 1.82) is 0 Å². The number of hydrogen-bond acceptors (Lipinski definition) is 2. The van der Waals surface area contributed by atoms with Crippen molar-refractivity contribution >= 4 is 113 Å². The summed E-state index contributed by atoms with van der Waals surface area (Å²) >= 11 is 1.89. The fraction of sp³-hybridized carbons (Fsp3) is 0.0448. The van der Waals surface area contributed by atoms with E-state index in [0.29, 0.717) is 0 Å². The second-order valence-electron chi connectivity index (χ2n) is 19.5. The Kier molecular flexibility index (Phi) is 8.07. The third kappa shape index (κ3) is 5.52. The van der Waals surface area contributed by atoms with Gasteiger partial charge in [-0.15, -0.1) is 11.3 Å². The van der Waals surface area contributed by atoms with Crippen LogP contribution in [-0.4, -0.2) is 0 Å². The molecule has 13 aromatic carbocycles. The van der Waals surface area contributed by atoms with Gasteiger partial charge in [-0.25, -0.2) is 0 Å². The van der Waals surface area contributed by atoms with Crippen molar-refractivity contribution in [2.45, 2.75) is 19.3 Å². The lowest BCUT2D eigenvalue weighted by atomic mass is 9.82. The zero-order valence-corrected chi connectivity index (χ0v) is 39.0. The Morgan fingerprint density at radius 1 is 0.319 bits per heavy atom. The van der Waals surface area contributed by atoms with Crippen LogP contribution in [0.1, 0.15) is 25.0 Å². The number of fused-ring (bicyclic) bond motifs is 13. The van der Waals surface area contributed by atoms with Crippen molar-refractivity contribution in [2.75, 3.05) is 4.90 Å². The molecule has 0 saturated heterocycles. The molecule has 0 N–H and O–H groups in total. The van der Waals surface area contributed by atoms with Crippen LogP contribution in [0, 0.1) is 0 Å². The summed E-state index contributed by atoms with van der Waals surface area (Å²) in [4.78, 5) is 2.49. The maximum Gasteiger partial charge on any atom is 0.0540 e. The Morgan fingerprint density at radius 2 is 0.899 bits per heavy atom. The van der Waals surface area contributed by atoms with Gasteiger partial charge >= 0.3 is 0 Å². The Morgan fingerprint density at radius 3 is 1.74 bits per heavy atom. The van der Waals surface area contributed by atoms with Gasteiger partial charge in [0.05, 0.1) is 5.69 Å². The van der Waals surface area contributed by atoms with Crippen LogP contribution in [-0.2, 0) is 5.41 Å². The van der Waals surface area contributed by atoms with Gasteiger partial charge in [-0.2, -0.15) is 0 Å². The summed E-state index contributed by atoms with van der Waals surface area (Å²) in [6.45, 7) is 4.75. The standard InChI is InChI=1S/C67H43NS/c1-67(2)58-18-10-8-16-50(58)51-34-29-46(39-59(51)67)68(45-27-20-41(21-28-45)40-12-4-3-5-13-40)60-36-26-43-23-31-52-47(30-22-42-24-33-55(60)64(43)63(42)52)44-25-32-54-57(38-44)49-15-7-6-14-48(49)53-35-37-62-66(65(53)54)56-17-9-11-19-61(56)69-62/h3-39H,1-2H3. The van der Waals surface area contributed by atoms with Gasteiger partial charge in [0.1, 0.15) is 0 Å². The Balaban J connectivity index is 0.945. The van der Waals surface area contributed by atoms with E-state index in [-0.39, 0.29) is 5.41 Å². The first-order chi connectivity index (χ1) is 34.0. The van der Waals surface area contributed by atoms with Crippen molar-refractivity contribution in [3.63, 3.8) is 0 Å². The van der Waals surface area contributed by atoms with Crippen molar-refractivity contribution in [1.82, 2.24) is 0 Å². The highest BCUT2D eigenvalue weighted by Crippen LogP contribution is 2.52. The zero-order chi connectivity index (χ0) is 45.5. The molecule has 0 unspecified atom stereocenters. The van der Waals surface area contributed by atoms with E-state index in [9.17, 15) is 0 Å². The SMILES string of the molecule is CC1(C)c2ccccc2-c2ccc(N(c3ccc(-c4ccccc4)cc3)c3ccc4ccc5c(-c6ccc7c(c6)c6ccccc6c6ccc8sc9ccccc9c8c67)ccc6ccc3c4c65)cc21. The molecular weight excluding hydrogens is 851 g/mol. The lowest BCUT2D eigenvalue weighted by Gasteiger charge is -2.30. The van der Waals surface area contributed by atoms with Crippen molar-refractivity contribution < 1.29 is 0 Å². The summed E-state index contributed by atoms with van der Waals surface area (Å²) in [5.41, 5.74) is 13.6. The summed E-state index contributed by atoms with van der Waals surface area (Å²) in [5.74, 6) is 0. The van der Waals surface area contributed by atoms with E-state index in [1.165, 1.54) is 135 Å². The summed E-state index contributed by atoms with van der Waals surface area (Å²) in [5, 5.41) is 18.2. The monoisotopic (exact) mass is 893 g/mol. The van der Waals surface area contributed by atoms with Crippen LogP contribution in [0.3, 0.4) is 0 Å². The summed E-state index contributed by atoms with van der Waals surface area (Å²) < 4.78 is 2.67. The molecule has 14 aromatic rings. The lowest BCUT2D eigenvalue weighted by Crippen LogP contribution is -2.16. The van der Waals surface area contributed by atoms with Crippen LogP contribution in [0.25, 0.3) is 118 Å². The smallest absolute Gasteiger partial charge is 0.0540 e. The Hall–Kier alpha value is -8.30. The normalized spacial score (nSPS) is 13.2. The highest BCUT2D eigenvalue weighted by Gasteiger charge is 2.36. The Labute approximate surface area is 404 Å². The molecule has 1 heterocycles. The number of rotatable bonds is 5. The van der Waals surface area contributed by atoms with E-state index in [1.807, 2.05) is 11.3 Å². The van der Waals surface area contributed by atoms with E-state index >= 15 is 0 Å². The van der Waals surface area contributed by atoms with Gasteiger partial charge < -0.3 is 4.90 Å². The highest BCUT2D eigenvalue weighted by molar-refractivity contribution is 7.26. The van der Waals surface area contributed by atoms with Gasteiger partial charge in [0.2, 0.25) is 0 Å². The molecule has 1 aromatic heterocycles. The molecule has 322 valence electrons. The molecule has 1 aliphatic rings. The minimum Gasteiger partial charge on any atom is -0.310 e. The van der Waals surface area contributed by atoms with Crippen LogP contribution in [0.2, 0.25) is 0 Å². The van der Waals surface area contributed by atoms with Crippen LogP contribution < -0.4 is 4.90 Å². The predicted octanol–water partition coefficient (Wildman–Crippen LogP) is 19.5. The van der Waals surface area contributed by atoms with Gasteiger partial charge in [0.15, 0.2) is 0 Å². The average Bonchev–Trinajstić information content (AvgIpc) is 3.90. The van der Waals surface area contributed by atoms with Crippen LogP contribution >= 0.6 is 11.3 Å². The molecule has 0 aliphatic heterocycles. The molecule has 0 radical (unpaired) electrons. The average molecular weight is 894 g/mol. The van der Waals surface area contributed by atoms with Gasteiger partial charge in [-0.1, -0.05) is 190 Å². The first-order valence-corrected chi connectivity index (χ1v) is 24.9. The van der Waals surface area contributed by atoms with Crippen LogP contribution in [0.5, 0.6) is 0 Å². The second-order valence-corrected chi connectivity index (χ2v) is 20.6. The second kappa shape index (κ2) is 14.4. The number of benzene rings is 13. The molecule has 2 heteroatoms. The van der Waals surface area contributed by atoms with E-state index < -0.39 is 0 Å². The van der Waals surface area contributed by atoms with Crippen LogP contribution in [0.4, 0.5) is 17.1 Å². The molecular formula is C67H43NS. The lowest BCUT2D eigenvalue weighted by molar-refractivity contribution is 0.660. The molecule has 69 heavy (non-hydrogen) atoms. The van der Waals surface area contributed by atoms with E-state index in [0.717, 1.165) is 11.4 Å². The predicted molar refractivity (Wildman–Crippen MR) is 299 cm³/mol. The van der Waals surface area contributed by atoms with Crippen LogP contribution in [0.15, 0.2) is 224 Å². The van der Waals surface area contributed by atoms with E-state index in [2.05, 4.69) is 243 Å². The maximum atomic E-state index is 2.49. The number of hydrogen-bond donors (Lipinski definition) is 0. The van der Waals surface area contributed by atoms with Gasteiger partial charge in [0, 0.05) is 42.3 Å². The highest BCUT2D eigenvalue weighted by atomic mass is 32.1. The minimum atomic E-state index is -0.128. The van der Waals surface area contributed by atoms with Gasteiger partial charge in [-0.05, 0) is 152 Å². The third-order valence-corrected chi connectivity index (χ3v) is 16.7. The number of thiophene rings is 1. The van der Waals surface area contributed by atoms with Crippen molar-refractivity contribution in [2.24, 2.45) is 0 Å².